The first-order valence-corrected chi connectivity index (χ1v) is 10.6. The van der Waals surface area contributed by atoms with Gasteiger partial charge in [-0.2, -0.15) is 4.31 Å². The average Bonchev–Trinajstić information content (AvgIpc) is 2.55. The molecule has 0 bridgehead atoms. The van der Waals surface area contributed by atoms with Crippen LogP contribution in [0.25, 0.3) is 0 Å². The molecule has 9 heteroatoms. The van der Waals surface area contributed by atoms with Crippen LogP contribution in [0.3, 0.4) is 0 Å². The summed E-state index contributed by atoms with van der Waals surface area (Å²) in [4.78, 5) is -0.672. The number of nitrogen functional groups attached to an aromatic ring is 2. The van der Waals surface area contributed by atoms with Crippen LogP contribution in [0.1, 0.15) is 13.8 Å². The van der Waals surface area contributed by atoms with Gasteiger partial charge in [0.25, 0.3) is 0 Å². The normalized spacial score (nSPS) is 12.4. The van der Waals surface area contributed by atoms with Crippen LogP contribution in [0, 0.1) is 0 Å². The molecular weight excluding hydrogens is 362 g/mol. The third-order valence-corrected chi connectivity index (χ3v) is 7.82. The number of nitrogens with two attached hydrogens (primary N) is 2. The number of anilines is 2. The summed E-state index contributed by atoms with van der Waals surface area (Å²) in [6.07, 6.45) is 0. The van der Waals surface area contributed by atoms with Crippen molar-refractivity contribution in [3.63, 3.8) is 0 Å². The van der Waals surface area contributed by atoms with Gasteiger partial charge in [0.1, 0.15) is 4.90 Å². The molecule has 2 aromatic carbocycles. The van der Waals surface area contributed by atoms with E-state index in [9.17, 15) is 16.8 Å². The molecule has 0 radical (unpaired) electrons. The molecular formula is C16H21N3O4S2. The maximum absolute atomic E-state index is 13.0. The number of benzene rings is 2. The Kier molecular flexibility index (Phi) is 5.40. The maximum atomic E-state index is 13.0. The SMILES string of the molecule is CCN(CC)S(=O)(=O)c1cc(N)ccc1S(=O)(=O)c1ccc(N)cc1. The van der Waals surface area contributed by atoms with Crippen molar-refractivity contribution in [3.8, 4) is 0 Å². The number of hydrogen-bond acceptors (Lipinski definition) is 6. The van der Waals surface area contributed by atoms with Crippen molar-refractivity contribution in [2.45, 2.75) is 28.5 Å². The van der Waals surface area contributed by atoms with E-state index in [1.807, 2.05) is 0 Å². The van der Waals surface area contributed by atoms with Crippen LogP contribution >= 0.6 is 0 Å². The third kappa shape index (κ3) is 3.63. The van der Waals surface area contributed by atoms with E-state index in [2.05, 4.69) is 0 Å². The van der Waals surface area contributed by atoms with E-state index in [4.69, 9.17) is 11.5 Å². The molecule has 0 atom stereocenters. The van der Waals surface area contributed by atoms with Crippen LogP contribution in [0.2, 0.25) is 0 Å². The fourth-order valence-electron chi connectivity index (χ4n) is 2.42. The quantitative estimate of drug-likeness (QED) is 0.732. The Morgan fingerprint density at radius 1 is 0.800 bits per heavy atom. The predicted molar refractivity (Wildman–Crippen MR) is 97.3 cm³/mol. The first-order chi connectivity index (χ1) is 11.6. The topological polar surface area (TPSA) is 124 Å². The fourth-order valence-corrected chi connectivity index (χ4v) is 5.95. The van der Waals surface area contributed by atoms with Gasteiger partial charge < -0.3 is 11.5 Å². The van der Waals surface area contributed by atoms with Gasteiger partial charge in [0.2, 0.25) is 19.9 Å². The summed E-state index contributed by atoms with van der Waals surface area (Å²) in [5.74, 6) is 0. The Morgan fingerprint density at radius 2 is 1.32 bits per heavy atom. The van der Waals surface area contributed by atoms with Crippen molar-refractivity contribution in [2.75, 3.05) is 24.6 Å². The summed E-state index contributed by atoms with van der Waals surface area (Å²) in [6, 6.07) is 9.34. The molecule has 0 amide bonds. The van der Waals surface area contributed by atoms with Crippen molar-refractivity contribution >= 4 is 31.2 Å². The lowest BCUT2D eigenvalue weighted by atomic mass is 10.3. The van der Waals surface area contributed by atoms with E-state index in [0.29, 0.717) is 5.69 Å². The van der Waals surface area contributed by atoms with Gasteiger partial charge in [0.05, 0.1) is 9.79 Å². The molecule has 4 N–H and O–H groups in total. The monoisotopic (exact) mass is 383 g/mol. The zero-order valence-electron chi connectivity index (χ0n) is 14.0. The molecule has 0 fully saturated rings. The maximum Gasteiger partial charge on any atom is 0.244 e. The van der Waals surface area contributed by atoms with Crippen molar-refractivity contribution in [3.05, 3.63) is 42.5 Å². The molecule has 0 unspecified atom stereocenters. The molecule has 0 saturated heterocycles. The minimum atomic E-state index is -4.05. The molecule has 0 aliphatic heterocycles. The van der Waals surface area contributed by atoms with E-state index in [1.165, 1.54) is 46.8 Å². The molecule has 0 spiro atoms. The van der Waals surface area contributed by atoms with E-state index in [0.717, 1.165) is 0 Å². The minimum Gasteiger partial charge on any atom is -0.399 e. The summed E-state index contributed by atoms with van der Waals surface area (Å²) < 4.78 is 52.9. The highest BCUT2D eigenvalue weighted by atomic mass is 32.2. The Labute approximate surface area is 148 Å². The lowest BCUT2D eigenvalue weighted by Crippen LogP contribution is -2.31. The van der Waals surface area contributed by atoms with Crippen LogP contribution < -0.4 is 11.5 Å². The van der Waals surface area contributed by atoms with Gasteiger partial charge in [-0.15, -0.1) is 0 Å². The smallest absolute Gasteiger partial charge is 0.244 e. The highest BCUT2D eigenvalue weighted by Gasteiger charge is 2.31. The van der Waals surface area contributed by atoms with Crippen molar-refractivity contribution in [2.24, 2.45) is 0 Å². The zero-order valence-corrected chi connectivity index (χ0v) is 15.6. The molecule has 2 rings (SSSR count). The van der Waals surface area contributed by atoms with Crippen molar-refractivity contribution < 1.29 is 16.8 Å². The Bertz CT molecular complexity index is 965. The van der Waals surface area contributed by atoms with Crippen LogP contribution in [0.4, 0.5) is 11.4 Å². The summed E-state index contributed by atoms with van der Waals surface area (Å²) in [5, 5.41) is 0. The Morgan fingerprint density at radius 3 is 1.84 bits per heavy atom. The molecule has 25 heavy (non-hydrogen) atoms. The third-order valence-electron chi connectivity index (χ3n) is 3.77. The van der Waals surface area contributed by atoms with E-state index in [-0.39, 0.29) is 33.5 Å². The highest BCUT2D eigenvalue weighted by Crippen LogP contribution is 2.31. The van der Waals surface area contributed by atoms with Gasteiger partial charge in [-0.1, -0.05) is 13.8 Å². The molecule has 0 aliphatic carbocycles. The lowest BCUT2D eigenvalue weighted by Gasteiger charge is -2.20. The highest BCUT2D eigenvalue weighted by molar-refractivity contribution is 7.93. The number of rotatable bonds is 6. The Hall–Kier alpha value is -2.10. The molecule has 7 nitrogen and oxygen atoms in total. The van der Waals surface area contributed by atoms with Gasteiger partial charge in [0.15, 0.2) is 0 Å². The van der Waals surface area contributed by atoms with Gasteiger partial charge in [-0.05, 0) is 42.5 Å². The molecule has 0 saturated carbocycles. The number of sulfonamides is 1. The number of sulfone groups is 1. The van der Waals surface area contributed by atoms with E-state index >= 15 is 0 Å². The summed E-state index contributed by atoms with van der Waals surface area (Å²) in [5.41, 5.74) is 11.9. The molecule has 0 aliphatic rings. The number of hydrogen-bond donors (Lipinski definition) is 2. The van der Waals surface area contributed by atoms with Crippen molar-refractivity contribution in [1.29, 1.82) is 0 Å². The van der Waals surface area contributed by atoms with Crippen LogP contribution in [-0.2, 0) is 19.9 Å². The fraction of sp³-hybridized carbons (Fsp3) is 0.250. The first kappa shape index (κ1) is 19.2. The number of nitrogens with zero attached hydrogens (tertiary/aromatic N) is 1. The molecule has 2 aromatic rings. The van der Waals surface area contributed by atoms with Crippen molar-refractivity contribution in [1.82, 2.24) is 4.31 Å². The van der Waals surface area contributed by atoms with Gasteiger partial charge in [-0.25, -0.2) is 16.8 Å². The van der Waals surface area contributed by atoms with Crippen LogP contribution in [0.5, 0.6) is 0 Å². The molecule has 0 heterocycles. The minimum absolute atomic E-state index is 0.0394. The predicted octanol–water partition coefficient (Wildman–Crippen LogP) is 1.71. The van der Waals surface area contributed by atoms with E-state index in [1.54, 1.807) is 13.8 Å². The lowest BCUT2D eigenvalue weighted by molar-refractivity contribution is 0.443. The molecule has 136 valence electrons. The van der Waals surface area contributed by atoms with Gasteiger partial charge in [-0.3, -0.25) is 0 Å². The second-order valence-corrected chi connectivity index (χ2v) is 9.19. The largest absolute Gasteiger partial charge is 0.399 e. The first-order valence-electron chi connectivity index (χ1n) is 7.65. The average molecular weight is 383 g/mol. The van der Waals surface area contributed by atoms with Gasteiger partial charge >= 0.3 is 0 Å². The zero-order chi connectivity index (χ0) is 18.8. The molecule has 0 aromatic heterocycles. The second-order valence-electron chi connectivity index (χ2n) is 5.37. The van der Waals surface area contributed by atoms with Crippen LogP contribution in [-0.4, -0.2) is 34.2 Å². The second kappa shape index (κ2) is 7.03. The summed E-state index contributed by atoms with van der Waals surface area (Å²) in [7, 11) is -8.06. The standard InChI is InChI=1S/C16H21N3O4S2/c1-3-19(4-2)25(22,23)16-11-13(18)7-10-15(16)24(20,21)14-8-5-12(17)6-9-14/h5-11H,3-4,17-18H2,1-2H3. The Balaban J connectivity index is 2.74. The summed E-state index contributed by atoms with van der Waals surface area (Å²) >= 11 is 0. The van der Waals surface area contributed by atoms with Gasteiger partial charge in [0, 0.05) is 24.5 Å². The van der Waals surface area contributed by atoms with Crippen LogP contribution in [0.15, 0.2) is 57.2 Å². The van der Waals surface area contributed by atoms with E-state index < -0.39 is 19.9 Å². The summed E-state index contributed by atoms with van der Waals surface area (Å²) in [6.45, 7) is 3.80.